The number of nitrogens with zero attached hydrogens (tertiary/aromatic N) is 2. The van der Waals surface area contributed by atoms with Crippen LogP contribution in [0.1, 0.15) is 17.5 Å². The molecule has 1 aliphatic rings. The number of amides is 1. The summed E-state index contributed by atoms with van der Waals surface area (Å²) in [4.78, 5) is 17.2. The maximum absolute atomic E-state index is 13.3. The second-order valence-electron chi connectivity index (χ2n) is 5.79. The van der Waals surface area contributed by atoms with Gasteiger partial charge in [-0.1, -0.05) is 11.6 Å². The molecule has 0 radical (unpaired) electrons. The molecule has 1 amide bonds. The lowest BCUT2D eigenvalue weighted by Gasteiger charge is -2.36. The predicted octanol–water partition coefficient (Wildman–Crippen LogP) is 3.22. The van der Waals surface area contributed by atoms with E-state index in [9.17, 15) is 13.4 Å². The van der Waals surface area contributed by atoms with Crippen molar-refractivity contribution in [1.82, 2.24) is 14.0 Å². The van der Waals surface area contributed by atoms with E-state index in [1.165, 1.54) is 29.5 Å². The van der Waals surface area contributed by atoms with Crippen molar-refractivity contribution < 1.29 is 13.4 Å². The summed E-state index contributed by atoms with van der Waals surface area (Å²) in [5.74, 6) is -0.125. The third-order valence-corrected chi connectivity index (χ3v) is 7.14. The highest BCUT2D eigenvalue weighted by Crippen LogP contribution is 2.29. The summed E-state index contributed by atoms with van der Waals surface area (Å²) in [6.07, 6.45) is 4.06. The lowest BCUT2D eigenvalue weighted by molar-refractivity contribution is -0.120. The first-order chi connectivity index (χ1) is 13.0. The molecule has 0 saturated carbocycles. The van der Waals surface area contributed by atoms with Gasteiger partial charge in [0, 0.05) is 29.6 Å². The highest BCUT2D eigenvalue weighted by molar-refractivity contribution is 7.98. The standard InChI is InChI=1S/C16H18ClFN4O2S3/c1-25-7-5-22-14(9-13(21-27(22)24)16-19-4-6-26-16)15(23)20-10-2-3-12(18)11(17)8-10/h2-4,6,8,13-14,21H,5,7,9H2,1H3,(H,20,23). The van der Waals surface area contributed by atoms with E-state index in [4.69, 9.17) is 11.6 Å². The zero-order chi connectivity index (χ0) is 19.4. The fourth-order valence-corrected chi connectivity index (χ4v) is 5.42. The van der Waals surface area contributed by atoms with Gasteiger partial charge >= 0.3 is 0 Å². The molecular formula is C16H18ClFN4O2S3. The first-order valence-electron chi connectivity index (χ1n) is 8.08. The van der Waals surface area contributed by atoms with Crippen molar-refractivity contribution in [2.45, 2.75) is 18.5 Å². The van der Waals surface area contributed by atoms with Crippen LogP contribution < -0.4 is 10.0 Å². The Hall–Kier alpha value is -1.04. The van der Waals surface area contributed by atoms with Gasteiger partial charge in [0.2, 0.25) is 5.91 Å². The number of thiazole rings is 1. The summed E-state index contributed by atoms with van der Waals surface area (Å²) in [7, 11) is 0. The Morgan fingerprint density at radius 2 is 2.41 bits per heavy atom. The molecule has 146 valence electrons. The average molecular weight is 449 g/mol. The molecule has 3 unspecified atom stereocenters. The molecular weight excluding hydrogens is 431 g/mol. The Morgan fingerprint density at radius 1 is 1.59 bits per heavy atom. The maximum atomic E-state index is 13.3. The number of hydrogen-bond donors (Lipinski definition) is 2. The normalized spacial score (nSPS) is 23.3. The number of hydrogen-bond acceptors (Lipinski definition) is 5. The number of thioether (sulfide) groups is 1. The van der Waals surface area contributed by atoms with Crippen molar-refractivity contribution in [2.75, 3.05) is 23.9 Å². The number of carbonyl (C=O) groups is 1. The van der Waals surface area contributed by atoms with E-state index < -0.39 is 23.0 Å². The number of anilines is 1. The first kappa shape index (κ1) is 20.7. The zero-order valence-electron chi connectivity index (χ0n) is 14.4. The summed E-state index contributed by atoms with van der Waals surface area (Å²) >= 11 is 7.33. The van der Waals surface area contributed by atoms with Gasteiger partial charge in [-0.05, 0) is 30.9 Å². The number of aromatic nitrogens is 1. The Bertz CT molecular complexity index is 824. The minimum atomic E-state index is -1.52. The van der Waals surface area contributed by atoms with E-state index in [1.54, 1.807) is 22.3 Å². The zero-order valence-corrected chi connectivity index (χ0v) is 17.6. The third kappa shape index (κ3) is 5.07. The van der Waals surface area contributed by atoms with Crippen molar-refractivity contribution in [3.8, 4) is 0 Å². The molecule has 3 atom stereocenters. The lowest BCUT2D eigenvalue weighted by Crippen LogP contribution is -2.55. The SMILES string of the molecule is CSCCN1C(C(=O)Nc2ccc(F)c(Cl)c2)CC(c2nccs2)NS1=O. The molecule has 3 rings (SSSR count). The quantitative estimate of drug-likeness (QED) is 0.711. The van der Waals surface area contributed by atoms with Crippen molar-refractivity contribution >= 4 is 57.5 Å². The molecule has 0 spiro atoms. The van der Waals surface area contributed by atoms with Gasteiger partial charge in [0.1, 0.15) is 16.9 Å². The summed E-state index contributed by atoms with van der Waals surface area (Å²) < 4.78 is 30.7. The maximum Gasteiger partial charge on any atom is 0.242 e. The first-order valence-corrected chi connectivity index (χ1v) is 11.8. The summed E-state index contributed by atoms with van der Waals surface area (Å²) in [6.45, 7) is 0.494. The number of nitrogens with one attached hydrogen (secondary N) is 2. The van der Waals surface area contributed by atoms with Crippen LogP contribution in [0, 0.1) is 5.82 Å². The summed E-state index contributed by atoms with van der Waals surface area (Å²) in [5.41, 5.74) is 0.395. The van der Waals surface area contributed by atoms with E-state index in [-0.39, 0.29) is 17.0 Å². The monoisotopic (exact) mass is 448 g/mol. The van der Waals surface area contributed by atoms with E-state index in [0.29, 0.717) is 18.7 Å². The lowest BCUT2D eigenvalue weighted by atomic mass is 10.1. The van der Waals surface area contributed by atoms with Crippen molar-refractivity contribution in [3.63, 3.8) is 0 Å². The molecule has 11 heteroatoms. The van der Waals surface area contributed by atoms with Crippen LogP contribution >= 0.6 is 34.7 Å². The minimum absolute atomic E-state index is 0.0680. The van der Waals surface area contributed by atoms with Crippen LogP contribution in [0.25, 0.3) is 0 Å². The van der Waals surface area contributed by atoms with Crippen LogP contribution in [0.2, 0.25) is 5.02 Å². The second kappa shape index (κ2) is 9.44. The van der Waals surface area contributed by atoms with Gasteiger partial charge < -0.3 is 5.32 Å². The Morgan fingerprint density at radius 3 is 3.07 bits per heavy atom. The topological polar surface area (TPSA) is 74.3 Å². The van der Waals surface area contributed by atoms with Gasteiger partial charge in [-0.3, -0.25) is 4.79 Å². The van der Waals surface area contributed by atoms with Crippen LogP contribution in [0.15, 0.2) is 29.8 Å². The van der Waals surface area contributed by atoms with E-state index >= 15 is 0 Å². The molecule has 1 saturated heterocycles. The molecule has 1 aromatic heterocycles. The van der Waals surface area contributed by atoms with Gasteiger partial charge in [-0.25, -0.2) is 18.3 Å². The molecule has 1 aromatic carbocycles. The largest absolute Gasteiger partial charge is 0.325 e. The van der Waals surface area contributed by atoms with Crippen LogP contribution in [-0.2, 0) is 16.0 Å². The predicted molar refractivity (Wildman–Crippen MR) is 110 cm³/mol. The van der Waals surface area contributed by atoms with Gasteiger partial charge in [0.15, 0.2) is 11.2 Å². The average Bonchev–Trinajstić information content (AvgIpc) is 3.18. The van der Waals surface area contributed by atoms with Crippen molar-refractivity contribution in [2.24, 2.45) is 0 Å². The number of carbonyl (C=O) groups excluding carboxylic acids is 1. The van der Waals surface area contributed by atoms with Gasteiger partial charge in [0.05, 0.1) is 11.1 Å². The van der Waals surface area contributed by atoms with Crippen LogP contribution in [0.5, 0.6) is 0 Å². The molecule has 27 heavy (non-hydrogen) atoms. The highest BCUT2D eigenvalue weighted by atomic mass is 35.5. The van der Waals surface area contributed by atoms with E-state index in [0.717, 1.165) is 10.8 Å². The van der Waals surface area contributed by atoms with Gasteiger partial charge in [0.25, 0.3) is 0 Å². The van der Waals surface area contributed by atoms with Crippen LogP contribution in [-0.4, -0.2) is 44.0 Å². The molecule has 2 heterocycles. The molecule has 1 aliphatic heterocycles. The third-order valence-electron chi connectivity index (χ3n) is 4.02. The smallest absolute Gasteiger partial charge is 0.242 e. The van der Waals surface area contributed by atoms with E-state index in [2.05, 4.69) is 15.0 Å². The molecule has 0 aliphatic carbocycles. The molecule has 1 fully saturated rings. The molecule has 0 bridgehead atoms. The number of rotatable bonds is 6. The highest BCUT2D eigenvalue weighted by Gasteiger charge is 2.39. The molecule has 2 aromatic rings. The fourth-order valence-electron chi connectivity index (χ4n) is 2.71. The molecule has 6 nitrogen and oxygen atoms in total. The number of halogens is 2. The number of benzene rings is 1. The van der Waals surface area contributed by atoms with Gasteiger partial charge in [-0.2, -0.15) is 16.1 Å². The van der Waals surface area contributed by atoms with Gasteiger partial charge in [-0.15, -0.1) is 11.3 Å². The van der Waals surface area contributed by atoms with Crippen molar-refractivity contribution in [3.05, 3.63) is 45.6 Å². The molecule has 2 N–H and O–H groups in total. The van der Waals surface area contributed by atoms with Crippen molar-refractivity contribution in [1.29, 1.82) is 0 Å². The van der Waals surface area contributed by atoms with E-state index in [1.807, 2.05) is 11.6 Å². The van der Waals surface area contributed by atoms with Crippen LogP contribution in [0.3, 0.4) is 0 Å². The Balaban J connectivity index is 1.80. The second-order valence-corrected chi connectivity index (χ2v) is 9.32. The summed E-state index contributed by atoms with van der Waals surface area (Å²) in [6, 6.07) is 3.11. The fraction of sp³-hybridized carbons (Fsp3) is 0.375. The van der Waals surface area contributed by atoms with Crippen LogP contribution in [0.4, 0.5) is 10.1 Å². The summed E-state index contributed by atoms with van der Waals surface area (Å²) in [5, 5.41) is 5.32. The Kier molecular flexibility index (Phi) is 7.23. The minimum Gasteiger partial charge on any atom is -0.325 e. The Labute approximate surface area is 172 Å².